The van der Waals surface area contributed by atoms with Crippen molar-refractivity contribution in [3.8, 4) is 0 Å². The highest BCUT2D eigenvalue weighted by molar-refractivity contribution is 8.12. The van der Waals surface area contributed by atoms with Crippen LogP contribution in [0.25, 0.3) is 0 Å². The van der Waals surface area contributed by atoms with E-state index in [1.165, 1.54) is 11.8 Å². The summed E-state index contributed by atoms with van der Waals surface area (Å²) in [5.74, 6) is -1.18. The molecule has 5 nitrogen and oxygen atoms in total. The van der Waals surface area contributed by atoms with E-state index in [0.717, 1.165) is 0 Å². The molecule has 1 unspecified atom stereocenters. The number of ether oxygens (including phenoxy) is 2. The minimum atomic E-state index is -0.897. The molecule has 1 N–H and O–H groups in total. The molecule has 2 heterocycles. The van der Waals surface area contributed by atoms with Gasteiger partial charge < -0.3 is 14.6 Å². The van der Waals surface area contributed by atoms with Crippen molar-refractivity contribution in [1.29, 1.82) is 0 Å². The number of rotatable bonds is 3. The topological polar surface area (TPSA) is 68.1 Å². The van der Waals surface area contributed by atoms with Gasteiger partial charge in [0.25, 0.3) is 0 Å². The van der Waals surface area contributed by atoms with Gasteiger partial charge in [-0.2, -0.15) is 0 Å². The normalized spacial score (nSPS) is 33.4. The standard InChI is InChI=1S/C9H13NO4S/c1-8(13-2-3-14-8)9(4-7(11)12)5-15-6-10-9/h6H,2-5H2,1H3,(H,11,12). The predicted octanol–water partition coefficient (Wildman–Crippen LogP) is 0.738. The Morgan fingerprint density at radius 2 is 2.27 bits per heavy atom. The van der Waals surface area contributed by atoms with Crippen molar-refractivity contribution in [3.05, 3.63) is 0 Å². The number of hydrogen-bond donors (Lipinski definition) is 1. The van der Waals surface area contributed by atoms with E-state index < -0.39 is 17.3 Å². The van der Waals surface area contributed by atoms with Crippen LogP contribution in [0.3, 0.4) is 0 Å². The van der Waals surface area contributed by atoms with Gasteiger partial charge in [0.05, 0.1) is 25.2 Å². The molecule has 0 spiro atoms. The van der Waals surface area contributed by atoms with Gasteiger partial charge in [-0.1, -0.05) is 0 Å². The molecule has 0 bridgehead atoms. The minimum Gasteiger partial charge on any atom is -0.481 e. The van der Waals surface area contributed by atoms with E-state index in [0.29, 0.717) is 19.0 Å². The van der Waals surface area contributed by atoms with Crippen molar-refractivity contribution in [3.63, 3.8) is 0 Å². The predicted molar refractivity (Wildman–Crippen MR) is 56.2 cm³/mol. The molecular weight excluding hydrogens is 218 g/mol. The third-order valence-electron chi connectivity index (χ3n) is 2.82. The van der Waals surface area contributed by atoms with Crippen LogP contribution < -0.4 is 0 Å². The van der Waals surface area contributed by atoms with Gasteiger partial charge >= 0.3 is 5.97 Å². The highest BCUT2D eigenvalue weighted by Crippen LogP contribution is 2.42. The zero-order valence-electron chi connectivity index (χ0n) is 8.43. The first-order valence-electron chi connectivity index (χ1n) is 4.73. The molecular formula is C9H13NO4S. The number of carbonyl (C=O) groups is 1. The van der Waals surface area contributed by atoms with E-state index >= 15 is 0 Å². The summed E-state index contributed by atoms with van der Waals surface area (Å²) < 4.78 is 11.0. The van der Waals surface area contributed by atoms with E-state index in [1.54, 1.807) is 12.5 Å². The highest BCUT2D eigenvalue weighted by atomic mass is 32.2. The van der Waals surface area contributed by atoms with Crippen molar-refractivity contribution in [2.75, 3.05) is 19.0 Å². The van der Waals surface area contributed by atoms with Crippen LogP contribution in [0, 0.1) is 0 Å². The number of carboxylic acid groups (broad SMARTS) is 1. The smallest absolute Gasteiger partial charge is 0.306 e. The maximum absolute atomic E-state index is 10.9. The molecule has 0 aliphatic carbocycles. The van der Waals surface area contributed by atoms with Crippen LogP contribution >= 0.6 is 11.8 Å². The molecule has 1 fully saturated rings. The zero-order chi connectivity index (χ0) is 10.9. The third kappa shape index (κ3) is 1.77. The molecule has 1 atom stereocenters. The number of thioether (sulfide) groups is 1. The lowest BCUT2D eigenvalue weighted by atomic mass is 9.89. The van der Waals surface area contributed by atoms with E-state index in [-0.39, 0.29) is 6.42 Å². The Morgan fingerprint density at radius 3 is 2.73 bits per heavy atom. The molecule has 15 heavy (non-hydrogen) atoms. The summed E-state index contributed by atoms with van der Waals surface area (Å²) in [6.45, 7) is 2.77. The molecule has 2 aliphatic rings. The van der Waals surface area contributed by atoms with Gasteiger partial charge in [-0.25, -0.2) is 0 Å². The molecule has 0 radical (unpaired) electrons. The van der Waals surface area contributed by atoms with Gasteiger partial charge in [-0.05, 0) is 6.92 Å². The Labute approximate surface area is 91.8 Å². The third-order valence-corrected chi connectivity index (χ3v) is 3.72. The second-order valence-electron chi connectivity index (χ2n) is 3.79. The van der Waals surface area contributed by atoms with Gasteiger partial charge in [0.1, 0.15) is 5.54 Å². The van der Waals surface area contributed by atoms with Crippen molar-refractivity contribution in [1.82, 2.24) is 0 Å². The molecule has 0 aromatic heterocycles. The Kier molecular flexibility index (Phi) is 2.74. The van der Waals surface area contributed by atoms with Crippen LogP contribution in [0.2, 0.25) is 0 Å². The molecule has 1 saturated heterocycles. The summed E-state index contributed by atoms with van der Waals surface area (Å²) in [5, 5.41) is 8.92. The molecule has 0 amide bonds. The second kappa shape index (κ2) is 3.77. The van der Waals surface area contributed by atoms with Gasteiger partial charge in [0.15, 0.2) is 5.79 Å². The van der Waals surface area contributed by atoms with Gasteiger partial charge in [0.2, 0.25) is 0 Å². The van der Waals surface area contributed by atoms with Crippen LogP contribution in [0.15, 0.2) is 4.99 Å². The van der Waals surface area contributed by atoms with Crippen LogP contribution in [0.5, 0.6) is 0 Å². The molecule has 6 heteroatoms. The van der Waals surface area contributed by atoms with Gasteiger partial charge in [0, 0.05) is 5.75 Å². The number of nitrogens with zero attached hydrogens (tertiary/aromatic N) is 1. The molecule has 2 rings (SSSR count). The second-order valence-corrected chi connectivity index (χ2v) is 4.62. The Bertz CT molecular complexity index is 300. The lowest BCUT2D eigenvalue weighted by molar-refractivity contribution is -0.189. The summed E-state index contributed by atoms with van der Waals surface area (Å²) in [7, 11) is 0. The van der Waals surface area contributed by atoms with E-state index in [9.17, 15) is 4.79 Å². The van der Waals surface area contributed by atoms with Crippen LogP contribution in [-0.4, -0.2) is 46.9 Å². The summed E-state index contributed by atoms with van der Waals surface area (Å²) >= 11 is 1.49. The minimum absolute atomic E-state index is 0.0625. The molecule has 0 aromatic carbocycles. The van der Waals surface area contributed by atoms with Crippen molar-refractivity contribution in [2.45, 2.75) is 24.7 Å². The van der Waals surface area contributed by atoms with Crippen LogP contribution in [0.1, 0.15) is 13.3 Å². The highest BCUT2D eigenvalue weighted by Gasteiger charge is 2.55. The Balaban J connectivity index is 2.25. The Hall–Kier alpha value is -0.590. The van der Waals surface area contributed by atoms with Crippen molar-refractivity contribution < 1.29 is 19.4 Å². The molecule has 2 aliphatic heterocycles. The largest absolute Gasteiger partial charge is 0.481 e. The molecule has 0 saturated carbocycles. The first-order chi connectivity index (χ1) is 7.08. The van der Waals surface area contributed by atoms with E-state index in [2.05, 4.69) is 4.99 Å². The summed E-state index contributed by atoms with van der Waals surface area (Å²) in [5.41, 5.74) is 0.902. The molecule has 0 aromatic rings. The van der Waals surface area contributed by atoms with Crippen LogP contribution in [0.4, 0.5) is 0 Å². The number of hydrogen-bond acceptors (Lipinski definition) is 5. The average molecular weight is 231 g/mol. The van der Waals surface area contributed by atoms with Gasteiger partial charge in [-0.15, -0.1) is 11.8 Å². The summed E-state index contributed by atoms with van der Waals surface area (Å²) in [6, 6.07) is 0. The Morgan fingerprint density at radius 1 is 1.60 bits per heavy atom. The summed E-state index contributed by atoms with van der Waals surface area (Å²) in [4.78, 5) is 15.1. The average Bonchev–Trinajstić information content (AvgIpc) is 2.74. The fraction of sp³-hybridized carbons (Fsp3) is 0.778. The maximum Gasteiger partial charge on any atom is 0.306 e. The van der Waals surface area contributed by atoms with E-state index in [4.69, 9.17) is 14.6 Å². The lowest BCUT2D eigenvalue weighted by Gasteiger charge is -2.38. The fourth-order valence-electron chi connectivity index (χ4n) is 1.89. The first kappa shape index (κ1) is 10.9. The first-order valence-corrected chi connectivity index (χ1v) is 5.78. The van der Waals surface area contributed by atoms with Crippen molar-refractivity contribution >= 4 is 23.3 Å². The number of carboxylic acids is 1. The lowest BCUT2D eigenvalue weighted by Crippen LogP contribution is -2.53. The summed E-state index contributed by atoms with van der Waals surface area (Å²) in [6.07, 6.45) is -0.0625. The SMILES string of the molecule is CC1(C2(CC(=O)O)CSC=N2)OCCO1. The van der Waals surface area contributed by atoms with Crippen LogP contribution in [-0.2, 0) is 14.3 Å². The zero-order valence-corrected chi connectivity index (χ0v) is 9.25. The van der Waals surface area contributed by atoms with Crippen molar-refractivity contribution in [2.24, 2.45) is 4.99 Å². The quantitative estimate of drug-likeness (QED) is 0.775. The fourth-order valence-corrected chi connectivity index (χ4v) is 2.95. The van der Waals surface area contributed by atoms with Gasteiger partial charge in [-0.3, -0.25) is 9.79 Å². The number of aliphatic carboxylic acids is 1. The number of aliphatic imine (C=N–C) groups is 1. The molecule has 84 valence electrons. The monoisotopic (exact) mass is 231 g/mol. The maximum atomic E-state index is 10.9. The van der Waals surface area contributed by atoms with E-state index in [1.807, 2.05) is 0 Å².